The molecule has 0 saturated carbocycles. The Hall–Kier alpha value is -3.46. The predicted octanol–water partition coefficient (Wildman–Crippen LogP) is 5.26. The van der Waals surface area contributed by atoms with E-state index in [2.05, 4.69) is 0 Å². The Morgan fingerprint density at radius 1 is 0.971 bits per heavy atom. The number of nitro groups is 1. The van der Waals surface area contributed by atoms with Gasteiger partial charge in [0.15, 0.2) is 6.10 Å². The number of imide groups is 1. The van der Waals surface area contributed by atoms with Gasteiger partial charge in [0.25, 0.3) is 11.6 Å². The number of benzene rings is 3. The third kappa shape index (κ3) is 3.51. The highest BCUT2D eigenvalue weighted by atomic mass is 35.5. The summed E-state index contributed by atoms with van der Waals surface area (Å²) in [5.74, 6) is -2.05. The lowest BCUT2D eigenvalue weighted by molar-refractivity contribution is -0.384. The molecule has 2 heterocycles. The van der Waals surface area contributed by atoms with Crippen molar-refractivity contribution in [1.29, 1.82) is 0 Å². The van der Waals surface area contributed by atoms with Crippen LogP contribution < -0.4 is 9.96 Å². The summed E-state index contributed by atoms with van der Waals surface area (Å²) >= 11 is 12.6. The fraction of sp³-hybridized carbons (Fsp3) is 0.167. The van der Waals surface area contributed by atoms with Crippen LogP contribution in [0.3, 0.4) is 0 Å². The van der Waals surface area contributed by atoms with Crippen LogP contribution in [0.25, 0.3) is 0 Å². The quantitative estimate of drug-likeness (QED) is 0.277. The van der Waals surface area contributed by atoms with Crippen molar-refractivity contribution in [1.82, 2.24) is 0 Å². The lowest BCUT2D eigenvalue weighted by Crippen LogP contribution is -2.37. The summed E-state index contributed by atoms with van der Waals surface area (Å²) in [6.07, 6.45) is -1.12. The summed E-state index contributed by atoms with van der Waals surface area (Å²) in [5.41, 5.74) is 2.03. The first kappa shape index (κ1) is 22.3. The summed E-state index contributed by atoms with van der Waals surface area (Å²) in [5, 5.41) is 13.5. The van der Waals surface area contributed by atoms with Gasteiger partial charge in [-0.25, -0.2) is 9.96 Å². The van der Waals surface area contributed by atoms with Gasteiger partial charge in [0.2, 0.25) is 5.91 Å². The standard InChI is InChI=1S/C24H17Cl2N3O5/c1-13-5-2-3-8-19(13)28-21(17-10-9-14(25)11-18(17)26)20-22(34-28)24(31)27(23(20)30)15-6-4-7-16(12-15)29(32)33/h2-12,20-22H,1H3. The van der Waals surface area contributed by atoms with E-state index >= 15 is 0 Å². The zero-order chi connectivity index (χ0) is 24.1. The maximum absolute atomic E-state index is 13.7. The van der Waals surface area contributed by atoms with E-state index < -0.39 is 34.8 Å². The molecular formula is C24H17Cl2N3O5. The van der Waals surface area contributed by atoms with Crippen LogP contribution in [0, 0.1) is 23.0 Å². The van der Waals surface area contributed by atoms with E-state index in [1.807, 2.05) is 31.2 Å². The summed E-state index contributed by atoms with van der Waals surface area (Å²) in [6, 6.07) is 17.0. The molecular weight excluding hydrogens is 481 g/mol. The molecule has 2 saturated heterocycles. The van der Waals surface area contributed by atoms with Crippen molar-refractivity contribution < 1.29 is 19.3 Å². The van der Waals surface area contributed by atoms with Crippen LogP contribution in [0.1, 0.15) is 17.2 Å². The predicted molar refractivity (Wildman–Crippen MR) is 127 cm³/mol. The van der Waals surface area contributed by atoms with E-state index in [1.165, 1.54) is 24.3 Å². The molecule has 0 aliphatic carbocycles. The summed E-state index contributed by atoms with van der Waals surface area (Å²) < 4.78 is 0. The molecule has 34 heavy (non-hydrogen) atoms. The number of hydrogen-bond donors (Lipinski definition) is 0. The second-order valence-electron chi connectivity index (χ2n) is 8.06. The number of amides is 2. The molecule has 2 amide bonds. The second kappa shape index (κ2) is 8.39. The highest BCUT2D eigenvalue weighted by molar-refractivity contribution is 6.35. The average molecular weight is 498 g/mol. The van der Waals surface area contributed by atoms with Gasteiger partial charge in [0, 0.05) is 22.2 Å². The maximum Gasteiger partial charge on any atom is 0.271 e. The number of carbonyl (C=O) groups is 2. The van der Waals surface area contributed by atoms with E-state index in [-0.39, 0.29) is 11.4 Å². The normalized spacial score (nSPS) is 21.8. The molecule has 0 bridgehead atoms. The van der Waals surface area contributed by atoms with Crippen LogP contribution in [-0.4, -0.2) is 22.8 Å². The molecule has 2 fully saturated rings. The fourth-order valence-corrected chi connectivity index (χ4v) is 5.01. The third-order valence-electron chi connectivity index (χ3n) is 6.05. The lowest BCUT2D eigenvalue weighted by atomic mass is 9.90. The van der Waals surface area contributed by atoms with Crippen molar-refractivity contribution in [2.24, 2.45) is 5.92 Å². The number of aryl methyl sites for hydroxylation is 1. The van der Waals surface area contributed by atoms with Crippen molar-refractivity contribution in [2.45, 2.75) is 19.1 Å². The Kier molecular flexibility index (Phi) is 5.51. The molecule has 3 unspecified atom stereocenters. The number of rotatable bonds is 4. The smallest absolute Gasteiger partial charge is 0.271 e. The zero-order valence-corrected chi connectivity index (χ0v) is 19.2. The molecule has 2 aliphatic heterocycles. The SMILES string of the molecule is Cc1ccccc1N1OC2C(=O)N(c3cccc([N+](=O)[O-])c3)C(=O)C2C1c1ccc(Cl)cc1Cl. The van der Waals surface area contributed by atoms with E-state index in [1.54, 1.807) is 23.3 Å². The molecule has 3 atom stereocenters. The van der Waals surface area contributed by atoms with Crippen LogP contribution in [0.5, 0.6) is 0 Å². The van der Waals surface area contributed by atoms with Gasteiger partial charge in [0.05, 0.1) is 22.3 Å². The molecule has 8 nitrogen and oxygen atoms in total. The molecule has 3 aromatic rings. The molecule has 0 N–H and O–H groups in total. The topological polar surface area (TPSA) is 93.0 Å². The number of hydroxylamine groups is 1. The Balaban J connectivity index is 1.62. The number of hydrogen-bond acceptors (Lipinski definition) is 6. The van der Waals surface area contributed by atoms with Gasteiger partial charge in [-0.3, -0.25) is 24.5 Å². The van der Waals surface area contributed by atoms with Gasteiger partial charge < -0.3 is 0 Å². The van der Waals surface area contributed by atoms with Crippen LogP contribution >= 0.6 is 23.2 Å². The summed E-state index contributed by atoms with van der Waals surface area (Å²) in [4.78, 5) is 44.8. The van der Waals surface area contributed by atoms with Gasteiger partial charge in [-0.05, 0) is 42.3 Å². The Morgan fingerprint density at radius 3 is 2.44 bits per heavy atom. The number of nitro benzene ring substituents is 1. The van der Waals surface area contributed by atoms with Gasteiger partial charge in [-0.1, -0.05) is 53.5 Å². The van der Waals surface area contributed by atoms with E-state index in [4.69, 9.17) is 28.0 Å². The van der Waals surface area contributed by atoms with Gasteiger partial charge in [0.1, 0.15) is 5.92 Å². The van der Waals surface area contributed by atoms with E-state index in [0.29, 0.717) is 21.3 Å². The Morgan fingerprint density at radius 2 is 1.74 bits per heavy atom. The van der Waals surface area contributed by atoms with Gasteiger partial charge in [-0.2, -0.15) is 0 Å². The van der Waals surface area contributed by atoms with Gasteiger partial charge in [-0.15, -0.1) is 0 Å². The lowest BCUT2D eigenvalue weighted by Gasteiger charge is -2.30. The van der Waals surface area contributed by atoms with Gasteiger partial charge >= 0.3 is 0 Å². The number of halogens is 2. The minimum Gasteiger partial charge on any atom is -0.273 e. The molecule has 10 heteroatoms. The molecule has 5 rings (SSSR count). The largest absolute Gasteiger partial charge is 0.273 e. The average Bonchev–Trinajstić information content (AvgIpc) is 3.30. The minimum absolute atomic E-state index is 0.116. The fourth-order valence-electron chi connectivity index (χ4n) is 4.49. The first-order valence-corrected chi connectivity index (χ1v) is 11.1. The van der Waals surface area contributed by atoms with E-state index in [9.17, 15) is 19.7 Å². The van der Waals surface area contributed by atoms with E-state index in [0.717, 1.165) is 10.5 Å². The monoisotopic (exact) mass is 497 g/mol. The number of nitrogens with zero attached hydrogens (tertiary/aromatic N) is 3. The molecule has 0 radical (unpaired) electrons. The Bertz CT molecular complexity index is 1350. The summed E-state index contributed by atoms with van der Waals surface area (Å²) in [6.45, 7) is 1.90. The first-order chi connectivity index (χ1) is 16.3. The third-order valence-corrected chi connectivity index (χ3v) is 6.61. The van der Waals surface area contributed by atoms with Crippen molar-refractivity contribution >= 4 is 52.1 Å². The molecule has 172 valence electrons. The van der Waals surface area contributed by atoms with Crippen molar-refractivity contribution in [3.05, 3.63) is 98.0 Å². The number of non-ortho nitro benzene ring substituents is 1. The van der Waals surface area contributed by atoms with Crippen LogP contribution in [0.4, 0.5) is 17.1 Å². The first-order valence-electron chi connectivity index (χ1n) is 10.4. The number of anilines is 2. The molecule has 0 aromatic heterocycles. The van der Waals surface area contributed by atoms with Crippen molar-refractivity contribution in [3.63, 3.8) is 0 Å². The zero-order valence-electron chi connectivity index (χ0n) is 17.7. The highest BCUT2D eigenvalue weighted by Crippen LogP contribution is 2.49. The number of carbonyl (C=O) groups excluding carboxylic acids is 2. The van der Waals surface area contributed by atoms with Crippen molar-refractivity contribution in [3.8, 4) is 0 Å². The number of fused-ring (bicyclic) bond motifs is 1. The van der Waals surface area contributed by atoms with Crippen LogP contribution in [0.15, 0.2) is 66.7 Å². The molecule has 0 spiro atoms. The second-order valence-corrected chi connectivity index (χ2v) is 8.91. The summed E-state index contributed by atoms with van der Waals surface area (Å²) in [7, 11) is 0. The van der Waals surface area contributed by atoms with Crippen LogP contribution in [0.2, 0.25) is 10.0 Å². The maximum atomic E-state index is 13.7. The highest BCUT2D eigenvalue weighted by Gasteiger charge is 2.60. The molecule has 2 aliphatic rings. The molecule has 3 aromatic carbocycles. The number of para-hydroxylation sites is 1. The Labute approximate surface area is 204 Å². The minimum atomic E-state index is -1.12. The van der Waals surface area contributed by atoms with Crippen molar-refractivity contribution in [2.75, 3.05) is 9.96 Å². The van der Waals surface area contributed by atoms with Crippen LogP contribution in [-0.2, 0) is 14.4 Å².